The monoisotopic (exact) mass is 536 g/mol. The molecule has 12 nitrogen and oxygen atoms in total. The molecule has 1 atom stereocenters. The Morgan fingerprint density at radius 2 is 1.85 bits per heavy atom. The predicted octanol–water partition coefficient (Wildman–Crippen LogP) is 2.56. The lowest BCUT2D eigenvalue weighted by atomic mass is 10.1. The van der Waals surface area contributed by atoms with Crippen molar-refractivity contribution in [2.45, 2.75) is 57.8 Å². The van der Waals surface area contributed by atoms with Crippen LogP contribution in [0.15, 0.2) is 36.4 Å². The van der Waals surface area contributed by atoms with Gasteiger partial charge in [-0.25, -0.2) is 0 Å². The molecule has 0 spiro atoms. The van der Waals surface area contributed by atoms with Crippen LogP contribution in [-0.4, -0.2) is 70.0 Å². The second-order valence-electron chi connectivity index (χ2n) is 9.59. The molecule has 206 valence electrons. The highest BCUT2D eigenvalue weighted by atomic mass is 16.7. The van der Waals surface area contributed by atoms with Gasteiger partial charge in [0.05, 0.1) is 14.2 Å². The van der Waals surface area contributed by atoms with Crippen LogP contribution in [-0.2, 0) is 22.7 Å². The molecule has 12 heteroatoms. The minimum Gasteiger partial charge on any atom is -0.493 e. The Bertz CT molecular complexity index is 1340. The van der Waals surface area contributed by atoms with E-state index < -0.39 is 6.04 Å². The van der Waals surface area contributed by atoms with Crippen LogP contribution in [0, 0.1) is 0 Å². The van der Waals surface area contributed by atoms with E-state index in [2.05, 4.69) is 20.7 Å². The molecule has 3 aromatic rings. The molecule has 1 aliphatic carbocycles. The van der Waals surface area contributed by atoms with Gasteiger partial charge in [-0.05, 0) is 60.9 Å². The van der Waals surface area contributed by atoms with E-state index in [0.29, 0.717) is 34.4 Å². The summed E-state index contributed by atoms with van der Waals surface area (Å²) in [4.78, 5) is 29.5. The maximum atomic E-state index is 13.6. The Labute approximate surface area is 226 Å². The van der Waals surface area contributed by atoms with Gasteiger partial charge in [0.15, 0.2) is 23.0 Å². The van der Waals surface area contributed by atoms with Crippen molar-refractivity contribution in [2.75, 3.05) is 21.0 Å². The van der Waals surface area contributed by atoms with Gasteiger partial charge in [-0.2, -0.15) is 4.80 Å². The van der Waals surface area contributed by atoms with E-state index in [1.807, 2.05) is 12.1 Å². The van der Waals surface area contributed by atoms with Crippen LogP contribution in [0.1, 0.15) is 38.2 Å². The van der Waals surface area contributed by atoms with Gasteiger partial charge < -0.3 is 29.2 Å². The molecule has 0 bridgehead atoms. The lowest BCUT2D eigenvalue weighted by Gasteiger charge is -2.29. The lowest BCUT2D eigenvalue weighted by Crippen LogP contribution is -2.50. The molecule has 2 amide bonds. The van der Waals surface area contributed by atoms with Crippen molar-refractivity contribution in [3.05, 3.63) is 42.0 Å². The fourth-order valence-electron chi connectivity index (χ4n) is 4.82. The first-order valence-electron chi connectivity index (χ1n) is 12.9. The van der Waals surface area contributed by atoms with Crippen LogP contribution in [0.25, 0.3) is 11.4 Å². The van der Waals surface area contributed by atoms with Crippen LogP contribution in [0.2, 0.25) is 0 Å². The first-order chi connectivity index (χ1) is 18.9. The highest BCUT2D eigenvalue weighted by molar-refractivity contribution is 5.87. The minimum atomic E-state index is -0.711. The molecule has 2 heterocycles. The van der Waals surface area contributed by atoms with Gasteiger partial charge in [-0.15, -0.1) is 10.2 Å². The van der Waals surface area contributed by atoms with Crippen molar-refractivity contribution in [3.8, 4) is 34.4 Å². The van der Waals surface area contributed by atoms with E-state index >= 15 is 0 Å². The van der Waals surface area contributed by atoms with Crippen molar-refractivity contribution < 1.29 is 28.5 Å². The van der Waals surface area contributed by atoms with Gasteiger partial charge in [0.1, 0.15) is 12.6 Å². The van der Waals surface area contributed by atoms with E-state index in [4.69, 9.17) is 18.9 Å². The Kier molecular flexibility index (Phi) is 7.80. The number of rotatable bonds is 10. The Morgan fingerprint density at radius 1 is 1.08 bits per heavy atom. The summed E-state index contributed by atoms with van der Waals surface area (Å²) in [6, 6.07) is 10.2. The van der Waals surface area contributed by atoms with E-state index in [9.17, 15) is 9.59 Å². The van der Waals surface area contributed by atoms with Gasteiger partial charge in [0.25, 0.3) is 0 Å². The van der Waals surface area contributed by atoms with E-state index in [-0.39, 0.29) is 37.7 Å². The molecule has 1 fully saturated rings. The summed E-state index contributed by atoms with van der Waals surface area (Å²) in [6.07, 6.45) is 4.10. The molecule has 1 saturated carbocycles. The average Bonchev–Trinajstić information content (AvgIpc) is 3.73. The Morgan fingerprint density at radius 3 is 2.62 bits per heavy atom. The molecule has 5 rings (SSSR count). The number of fused-ring (bicyclic) bond motifs is 1. The average molecular weight is 537 g/mol. The number of carbonyl (C=O) groups excluding carboxylic acids is 2. The number of amides is 2. The Balaban J connectivity index is 1.34. The number of aromatic nitrogens is 4. The largest absolute Gasteiger partial charge is 0.493 e. The smallest absolute Gasteiger partial charge is 0.247 e. The highest BCUT2D eigenvalue weighted by Gasteiger charge is 2.29. The van der Waals surface area contributed by atoms with E-state index in [0.717, 1.165) is 31.2 Å². The van der Waals surface area contributed by atoms with Crippen LogP contribution < -0.4 is 24.3 Å². The SMILES string of the molecule is COc1ccc(-c2nnn(CC(=O)N(Cc3ccc4c(c3)OCO4)[C@@H](C)C(=O)NC3CCCC3)n2)cc1OC. The summed E-state index contributed by atoms with van der Waals surface area (Å²) in [6.45, 7) is 1.90. The van der Waals surface area contributed by atoms with E-state index in [1.54, 1.807) is 45.4 Å². The second kappa shape index (κ2) is 11.6. The molecule has 1 aromatic heterocycles. The fraction of sp³-hybridized carbons (Fsp3) is 0.444. The van der Waals surface area contributed by atoms with Gasteiger partial charge >= 0.3 is 0 Å². The summed E-state index contributed by atoms with van der Waals surface area (Å²) < 4.78 is 21.5. The molecule has 2 aliphatic rings. The van der Waals surface area contributed by atoms with Crippen LogP contribution in [0.5, 0.6) is 23.0 Å². The molecule has 2 aromatic carbocycles. The van der Waals surface area contributed by atoms with Crippen molar-refractivity contribution >= 4 is 11.8 Å². The topological polar surface area (TPSA) is 130 Å². The normalized spacial score (nSPS) is 15.2. The third-order valence-corrected chi connectivity index (χ3v) is 7.03. The zero-order valence-corrected chi connectivity index (χ0v) is 22.3. The molecule has 1 aliphatic heterocycles. The van der Waals surface area contributed by atoms with Crippen LogP contribution in [0.3, 0.4) is 0 Å². The number of carbonyl (C=O) groups is 2. The summed E-state index contributed by atoms with van der Waals surface area (Å²) in [7, 11) is 3.10. The highest BCUT2D eigenvalue weighted by Crippen LogP contribution is 2.33. The minimum absolute atomic E-state index is 0.142. The van der Waals surface area contributed by atoms with Crippen molar-refractivity contribution in [1.29, 1.82) is 0 Å². The van der Waals surface area contributed by atoms with Gasteiger partial charge in [0, 0.05) is 18.2 Å². The number of nitrogens with zero attached hydrogens (tertiary/aromatic N) is 5. The lowest BCUT2D eigenvalue weighted by molar-refractivity contribution is -0.141. The zero-order valence-electron chi connectivity index (χ0n) is 22.3. The molecular formula is C27H32N6O6. The zero-order chi connectivity index (χ0) is 27.4. The van der Waals surface area contributed by atoms with Crippen molar-refractivity contribution in [2.24, 2.45) is 0 Å². The number of nitrogens with one attached hydrogen (secondary N) is 1. The number of ether oxygens (including phenoxy) is 4. The quantitative estimate of drug-likeness (QED) is 0.415. The van der Waals surface area contributed by atoms with Gasteiger partial charge in [-0.1, -0.05) is 18.9 Å². The standard InChI is InChI=1S/C27H32N6O6/c1-17(27(35)28-20-6-4-5-7-20)32(14-18-8-10-22-24(12-18)39-16-38-22)25(34)15-33-30-26(29-31-33)19-9-11-21(36-2)23(13-19)37-3/h8-13,17,20H,4-7,14-16H2,1-3H3,(H,28,35)/t17-/m0/s1. The molecule has 39 heavy (non-hydrogen) atoms. The summed E-state index contributed by atoms with van der Waals surface area (Å²) in [5.74, 6) is 2.19. The number of hydrogen-bond acceptors (Lipinski definition) is 9. The number of hydrogen-bond donors (Lipinski definition) is 1. The van der Waals surface area contributed by atoms with Gasteiger partial charge in [0.2, 0.25) is 24.4 Å². The van der Waals surface area contributed by atoms with Crippen molar-refractivity contribution in [3.63, 3.8) is 0 Å². The summed E-state index contributed by atoms with van der Waals surface area (Å²) in [5, 5.41) is 15.7. The molecule has 1 N–H and O–H groups in total. The number of methoxy groups -OCH3 is 2. The first-order valence-corrected chi connectivity index (χ1v) is 12.9. The summed E-state index contributed by atoms with van der Waals surface area (Å²) >= 11 is 0. The second-order valence-corrected chi connectivity index (χ2v) is 9.59. The molecule has 0 unspecified atom stereocenters. The van der Waals surface area contributed by atoms with Crippen LogP contribution >= 0.6 is 0 Å². The number of benzene rings is 2. The third-order valence-electron chi connectivity index (χ3n) is 7.03. The first kappa shape index (κ1) is 26.3. The fourth-order valence-corrected chi connectivity index (χ4v) is 4.82. The maximum absolute atomic E-state index is 13.6. The van der Waals surface area contributed by atoms with Gasteiger partial charge in [-0.3, -0.25) is 9.59 Å². The molecule has 0 radical (unpaired) electrons. The Hall–Kier alpha value is -4.35. The number of tetrazole rings is 1. The predicted molar refractivity (Wildman–Crippen MR) is 139 cm³/mol. The van der Waals surface area contributed by atoms with E-state index in [1.165, 1.54) is 9.70 Å². The van der Waals surface area contributed by atoms with Crippen molar-refractivity contribution in [1.82, 2.24) is 30.4 Å². The third kappa shape index (κ3) is 5.89. The molecule has 0 saturated heterocycles. The van der Waals surface area contributed by atoms with Crippen LogP contribution in [0.4, 0.5) is 0 Å². The maximum Gasteiger partial charge on any atom is 0.247 e. The molecular weight excluding hydrogens is 504 g/mol. The summed E-state index contributed by atoms with van der Waals surface area (Å²) in [5.41, 5.74) is 1.47.